The minimum atomic E-state index is 0.178. The average molecular weight is 196 g/mol. The first-order valence-electron chi connectivity index (χ1n) is 5.70. The summed E-state index contributed by atoms with van der Waals surface area (Å²) < 4.78 is 0. The number of nitrogens with one attached hydrogen (secondary N) is 1. The zero-order chi connectivity index (χ0) is 10.6. The molecule has 82 valence electrons. The highest BCUT2D eigenvalue weighted by molar-refractivity contribution is 5.01. The summed E-state index contributed by atoms with van der Waals surface area (Å²) in [4.78, 5) is 0. The molecule has 0 aliphatic heterocycles. The van der Waals surface area contributed by atoms with Gasteiger partial charge in [-0.25, -0.2) is 0 Å². The Morgan fingerprint density at radius 1 is 1.57 bits per heavy atom. The monoisotopic (exact) mass is 196 g/mol. The maximum atomic E-state index is 5.92. The van der Waals surface area contributed by atoms with Crippen molar-refractivity contribution in [3.63, 3.8) is 0 Å². The molecule has 14 heavy (non-hydrogen) atoms. The molecule has 1 rings (SSSR count). The SMILES string of the molecule is C=C(C)CNC1(CN)CCCCC1C. The van der Waals surface area contributed by atoms with Crippen molar-refractivity contribution in [1.82, 2.24) is 5.32 Å². The first-order chi connectivity index (χ1) is 6.60. The van der Waals surface area contributed by atoms with Crippen molar-refractivity contribution >= 4 is 0 Å². The van der Waals surface area contributed by atoms with E-state index in [1.807, 2.05) is 0 Å². The van der Waals surface area contributed by atoms with E-state index in [-0.39, 0.29) is 5.54 Å². The van der Waals surface area contributed by atoms with E-state index in [2.05, 4.69) is 25.7 Å². The van der Waals surface area contributed by atoms with Crippen molar-refractivity contribution in [2.24, 2.45) is 11.7 Å². The van der Waals surface area contributed by atoms with Crippen LogP contribution in [0.15, 0.2) is 12.2 Å². The van der Waals surface area contributed by atoms with Gasteiger partial charge in [-0.1, -0.05) is 31.9 Å². The smallest absolute Gasteiger partial charge is 0.0332 e. The fraction of sp³-hybridized carbons (Fsp3) is 0.833. The zero-order valence-corrected chi connectivity index (χ0v) is 9.60. The Morgan fingerprint density at radius 3 is 2.79 bits per heavy atom. The van der Waals surface area contributed by atoms with Crippen LogP contribution < -0.4 is 11.1 Å². The van der Waals surface area contributed by atoms with Gasteiger partial charge in [0.25, 0.3) is 0 Å². The molecule has 0 aromatic carbocycles. The molecule has 0 saturated heterocycles. The van der Waals surface area contributed by atoms with Gasteiger partial charge < -0.3 is 11.1 Å². The number of nitrogens with two attached hydrogens (primary N) is 1. The van der Waals surface area contributed by atoms with Crippen molar-refractivity contribution in [2.45, 2.75) is 45.1 Å². The molecule has 1 aliphatic rings. The van der Waals surface area contributed by atoms with Crippen LogP contribution in [0.1, 0.15) is 39.5 Å². The quantitative estimate of drug-likeness (QED) is 0.675. The van der Waals surface area contributed by atoms with Crippen molar-refractivity contribution in [3.8, 4) is 0 Å². The topological polar surface area (TPSA) is 38.0 Å². The lowest BCUT2D eigenvalue weighted by atomic mass is 9.73. The van der Waals surface area contributed by atoms with E-state index in [4.69, 9.17) is 5.73 Å². The molecule has 1 aliphatic carbocycles. The Bertz CT molecular complexity index is 200. The minimum absolute atomic E-state index is 0.178. The predicted octanol–water partition coefficient (Wildman–Crippen LogP) is 2.06. The van der Waals surface area contributed by atoms with Gasteiger partial charge in [-0.05, 0) is 25.7 Å². The molecule has 1 saturated carbocycles. The second kappa shape index (κ2) is 4.94. The fourth-order valence-electron chi connectivity index (χ4n) is 2.38. The van der Waals surface area contributed by atoms with Crippen molar-refractivity contribution < 1.29 is 0 Å². The van der Waals surface area contributed by atoms with Crippen LogP contribution in [-0.2, 0) is 0 Å². The molecule has 2 heteroatoms. The van der Waals surface area contributed by atoms with E-state index < -0.39 is 0 Å². The predicted molar refractivity (Wildman–Crippen MR) is 62.2 cm³/mol. The Balaban J connectivity index is 2.58. The average Bonchev–Trinajstić information content (AvgIpc) is 2.17. The van der Waals surface area contributed by atoms with E-state index in [1.54, 1.807) is 0 Å². The standard InChI is InChI=1S/C12H24N2/c1-10(2)8-14-12(9-13)7-5-4-6-11(12)3/h11,14H,1,4-9,13H2,2-3H3. The summed E-state index contributed by atoms with van der Waals surface area (Å²) in [5, 5.41) is 3.61. The van der Waals surface area contributed by atoms with Crippen LogP contribution in [0.2, 0.25) is 0 Å². The first kappa shape index (κ1) is 11.7. The maximum Gasteiger partial charge on any atom is 0.0332 e. The summed E-state index contributed by atoms with van der Waals surface area (Å²) in [5.41, 5.74) is 7.29. The van der Waals surface area contributed by atoms with Gasteiger partial charge in [0, 0.05) is 18.6 Å². The van der Waals surface area contributed by atoms with E-state index in [0.717, 1.165) is 13.1 Å². The molecular weight excluding hydrogens is 172 g/mol. The van der Waals surface area contributed by atoms with Crippen LogP contribution in [0.4, 0.5) is 0 Å². The minimum Gasteiger partial charge on any atom is -0.329 e. The lowest BCUT2D eigenvalue weighted by molar-refractivity contribution is 0.166. The van der Waals surface area contributed by atoms with Crippen LogP contribution in [0.3, 0.4) is 0 Å². The first-order valence-corrected chi connectivity index (χ1v) is 5.70. The molecule has 0 spiro atoms. The van der Waals surface area contributed by atoms with Gasteiger partial charge >= 0.3 is 0 Å². The normalized spacial score (nSPS) is 32.9. The molecule has 0 heterocycles. The highest BCUT2D eigenvalue weighted by Crippen LogP contribution is 2.32. The summed E-state index contributed by atoms with van der Waals surface area (Å²) in [6.45, 7) is 9.96. The molecule has 0 bridgehead atoms. The van der Waals surface area contributed by atoms with Gasteiger partial charge in [-0.3, -0.25) is 0 Å². The molecule has 3 N–H and O–H groups in total. The van der Waals surface area contributed by atoms with E-state index in [0.29, 0.717) is 5.92 Å². The highest BCUT2D eigenvalue weighted by Gasteiger charge is 2.36. The third-order valence-electron chi connectivity index (χ3n) is 3.56. The van der Waals surface area contributed by atoms with Crippen LogP contribution in [0.25, 0.3) is 0 Å². The summed E-state index contributed by atoms with van der Waals surface area (Å²) in [6.07, 6.45) is 5.20. The van der Waals surface area contributed by atoms with E-state index in [9.17, 15) is 0 Å². The number of hydrogen-bond donors (Lipinski definition) is 2. The molecule has 0 amide bonds. The van der Waals surface area contributed by atoms with Crippen molar-refractivity contribution in [1.29, 1.82) is 0 Å². The van der Waals surface area contributed by atoms with Gasteiger partial charge in [0.1, 0.15) is 0 Å². The Morgan fingerprint density at radius 2 is 2.29 bits per heavy atom. The van der Waals surface area contributed by atoms with Crippen molar-refractivity contribution in [2.75, 3.05) is 13.1 Å². The molecule has 0 aromatic heterocycles. The highest BCUT2D eigenvalue weighted by atomic mass is 15.0. The number of hydrogen-bond acceptors (Lipinski definition) is 2. The van der Waals surface area contributed by atoms with Gasteiger partial charge in [-0.15, -0.1) is 0 Å². The molecule has 2 unspecified atom stereocenters. The molecule has 0 radical (unpaired) electrons. The van der Waals surface area contributed by atoms with Gasteiger partial charge in [0.2, 0.25) is 0 Å². The largest absolute Gasteiger partial charge is 0.329 e. The summed E-state index contributed by atoms with van der Waals surface area (Å²) in [7, 11) is 0. The maximum absolute atomic E-state index is 5.92. The fourth-order valence-corrected chi connectivity index (χ4v) is 2.38. The molecule has 2 atom stereocenters. The third kappa shape index (κ3) is 2.58. The van der Waals surface area contributed by atoms with Crippen LogP contribution >= 0.6 is 0 Å². The Kier molecular flexibility index (Phi) is 4.14. The second-order valence-electron chi connectivity index (χ2n) is 4.82. The van der Waals surface area contributed by atoms with Crippen LogP contribution in [-0.4, -0.2) is 18.6 Å². The van der Waals surface area contributed by atoms with E-state index in [1.165, 1.54) is 31.3 Å². The van der Waals surface area contributed by atoms with Gasteiger partial charge in [0.05, 0.1) is 0 Å². The molecule has 2 nitrogen and oxygen atoms in total. The third-order valence-corrected chi connectivity index (χ3v) is 3.56. The summed E-state index contributed by atoms with van der Waals surface area (Å²) >= 11 is 0. The zero-order valence-electron chi connectivity index (χ0n) is 9.60. The second-order valence-corrected chi connectivity index (χ2v) is 4.82. The van der Waals surface area contributed by atoms with Crippen LogP contribution in [0.5, 0.6) is 0 Å². The number of rotatable bonds is 4. The van der Waals surface area contributed by atoms with E-state index >= 15 is 0 Å². The molecular formula is C12H24N2. The molecule has 0 aromatic rings. The lowest BCUT2D eigenvalue weighted by Gasteiger charge is -2.43. The lowest BCUT2D eigenvalue weighted by Crippen LogP contribution is -2.57. The van der Waals surface area contributed by atoms with Crippen LogP contribution in [0, 0.1) is 5.92 Å². The molecule has 1 fully saturated rings. The Labute approximate surface area is 87.9 Å². The van der Waals surface area contributed by atoms with Crippen molar-refractivity contribution in [3.05, 3.63) is 12.2 Å². The summed E-state index contributed by atoms with van der Waals surface area (Å²) in [5.74, 6) is 0.695. The summed E-state index contributed by atoms with van der Waals surface area (Å²) in [6, 6.07) is 0. The Hall–Kier alpha value is -0.340. The van der Waals surface area contributed by atoms with Gasteiger partial charge in [-0.2, -0.15) is 0 Å². The van der Waals surface area contributed by atoms with Gasteiger partial charge in [0.15, 0.2) is 0 Å².